The van der Waals surface area contributed by atoms with Crippen LogP contribution in [0.25, 0.3) is 0 Å². The summed E-state index contributed by atoms with van der Waals surface area (Å²) in [5.41, 5.74) is 0.843. The summed E-state index contributed by atoms with van der Waals surface area (Å²) in [6.45, 7) is 11.4. The molecule has 3 saturated heterocycles. The van der Waals surface area contributed by atoms with E-state index < -0.39 is 60.4 Å². The van der Waals surface area contributed by atoms with Crippen LogP contribution < -0.4 is 5.32 Å². The van der Waals surface area contributed by atoms with E-state index in [0.29, 0.717) is 6.42 Å². The Hall–Kier alpha value is -2.24. The van der Waals surface area contributed by atoms with Crippen molar-refractivity contribution in [3.8, 4) is 0 Å². The van der Waals surface area contributed by atoms with Crippen molar-refractivity contribution >= 4 is 12.1 Å². The number of amides is 1. The zero-order valence-corrected chi connectivity index (χ0v) is 21.7. The SMILES string of the molecule is CC(C)C[C@@H](NC(=O)OCc1ccccc1)C(=O)O[C@@H]1[C@@H]2OC(C)(C)O[C@H]2O[C@@H]1[C@@H]1COC(C)(C)O1. The third-order valence-electron chi connectivity index (χ3n) is 6.17. The van der Waals surface area contributed by atoms with E-state index in [9.17, 15) is 9.59 Å². The maximum Gasteiger partial charge on any atom is 0.408 e. The first-order valence-electron chi connectivity index (χ1n) is 12.4. The van der Waals surface area contributed by atoms with Gasteiger partial charge < -0.3 is 38.5 Å². The normalized spacial score (nSPS) is 31.1. The molecule has 1 N–H and O–H groups in total. The Morgan fingerprint density at radius 2 is 1.75 bits per heavy atom. The van der Waals surface area contributed by atoms with Crippen molar-refractivity contribution in [3.05, 3.63) is 35.9 Å². The maximum absolute atomic E-state index is 13.4. The lowest BCUT2D eigenvalue weighted by Crippen LogP contribution is -2.49. The second-order valence-electron chi connectivity index (χ2n) is 10.7. The first kappa shape index (κ1) is 26.8. The molecule has 10 nitrogen and oxygen atoms in total. The molecular formula is C26H37NO9. The van der Waals surface area contributed by atoms with Gasteiger partial charge in [0.2, 0.25) is 0 Å². The Bertz CT molecular complexity index is 919. The molecule has 36 heavy (non-hydrogen) atoms. The molecule has 3 aliphatic rings. The highest BCUT2D eigenvalue weighted by atomic mass is 16.8. The fourth-order valence-electron chi connectivity index (χ4n) is 4.62. The molecule has 1 aromatic rings. The minimum atomic E-state index is -0.916. The van der Waals surface area contributed by atoms with E-state index in [-0.39, 0.29) is 19.1 Å². The summed E-state index contributed by atoms with van der Waals surface area (Å²) in [5, 5.41) is 2.66. The van der Waals surface area contributed by atoms with E-state index in [4.69, 9.17) is 33.2 Å². The van der Waals surface area contributed by atoms with Gasteiger partial charge in [0.15, 0.2) is 30.1 Å². The van der Waals surface area contributed by atoms with E-state index in [1.165, 1.54) is 0 Å². The van der Waals surface area contributed by atoms with Crippen LogP contribution in [0.2, 0.25) is 0 Å². The van der Waals surface area contributed by atoms with E-state index >= 15 is 0 Å². The average molecular weight is 508 g/mol. The molecule has 0 bridgehead atoms. The summed E-state index contributed by atoms with van der Waals surface area (Å²) < 4.78 is 41.0. The van der Waals surface area contributed by atoms with Crippen molar-refractivity contribution in [3.63, 3.8) is 0 Å². The van der Waals surface area contributed by atoms with Crippen LogP contribution in [-0.4, -0.2) is 67.0 Å². The minimum absolute atomic E-state index is 0.0908. The molecule has 3 aliphatic heterocycles. The van der Waals surface area contributed by atoms with Crippen LogP contribution in [0.4, 0.5) is 4.79 Å². The quantitative estimate of drug-likeness (QED) is 0.530. The summed E-state index contributed by atoms with van der Waals surface area (Å²) in [6, 6.07) is 8.39. The van der Waals surface area contributed by atoms with Crippen molar-refractivity contribution in [2.75, 3.05) is 6.61 Å². The summed E-state index contributed by atoms with van der Waals surface area (Å²) in [6.07, 6.45) is -3.66. The van der Waals surface area contributed by atoms with Gasteiger partial charge >= 0.3 is 12.1 Å². The Morgan fingerprint density at radius 3 is 2.39 bits per heavy atom. The monoisotopic (exact) mass is 507 g/mol. The second kappa shape index (κ2) is 10.6. The van der Waals surface area contributed by atoms with Gasteiger partial charge in [0.1, 0.15) is 24.9 Å². The predicted octanol–water partition coefficient (Wildman–Crippen LogP) is 3.27. The van der Waals surface area contributed by atoms with Crippen molar-refractivity contribution in [2.24, 2.45) is 5.92 Å². The van der Waals surface area contributed by atoms with Gasteiger partial charge in [-0.05, 0) is 45.6 Å². The number of ether oxygens (including phenoxy) is 7. The largest absolute Gasteiger partial charge is 0.455 e. The van der Waals surface area contributed by atoms with E-state index in [1.807, 2.05) is 58.0 Å². The van der Waals surface area contributed by atoms with E-state index in [1.54, 1.807) is 13.8 Å². The average Bonchev–Trinajstić information content (AvgIpc) is 3.41. The summed E-state index contributed by atoms with van der Waals surface area (Å²) >= 11 is 0. The topological polar surface area (TPSA) is 111 Å². The van der Waals surface area contributed by atoms with Gasteiger partial charge in [0.05, 0.1) is 6.61 Å². The fourth-order valence-corrected chi connectivity index (χ4v) is 4.62. The van der Waals surface area contributed by atoms with Crippen LogP contribution in [0.5, 0.6) is 0 Å². The van der Waals surface area contributed by atoms with E-state index in [2.05, 4.69) is 5.32 Å². The fraction of sp³-hybridized carbons (Fsp3) is 0.692. The number of esters is 1. The molecule has 1 aromatic carbocycles. The number of benzene rings is 1. The second-order valence-corrected chi connectivity index (χ2v) is 10.7. The molecule has 0 radical (unpaired) electrons. The lowest BCUT2D eigenvalue weighted by atomic mass is 10.0. The molecule has 0 saturated carbocycles. The van der Waals surface area contributed by atoms with Crippen LogP contribution in [-0.2, 0) is 44.6 Å². The van der Waals surface area contributed by atoms with Crippen molar-refractivity contribution < 1.29 is 42.7 Å². The molecule has 0 aromatic heterocycles. The summed E-state index contributed by atoms with van der Waals surface area (Å²) in [4.78, 5) is 25.9. The smallest absolute Gasteiger partial charge is 0.408 e. The summed E-state index contributed by atoms with van der Waals surface area (Å²) in [7, 11) is 0. The van der Waals surface area contributed by atoms with Gasteiger partial charge in [-0.1, -0.05) is 44.2 Å². The lowest BCUT2D eigenvalue weighted by molar-refractivity contribution is -0.235. The predicted molar refractivity (Wildman–Crippen MR) is 126 cm³/mol. The van der Waals surface area contributed by atoms with Crippen LogP contribution >= 0.6 is 0 Å². The molecule has 0 aliphatic carbocycles. The molecule has 10 heteroatoms. The van der Waals surface area contributed by atoms with Gasteiger partial charge in [-0.3, -0.25) is 0 Å². The molecule has 200 valence electrons. The van der Waals surface area contributed by atoms with Crippen LogP contribution in [0, 0.1) is 5.92 Å². The maximum atomic E-state index is 13.4. The standard InChI is InChI=1S/C26H37NO9/c1-15(2)12-17(27-24(29)30-13-16-10-8-7-9-11-16)22(28)32-20-19(18-14-31-25(3,4)34-18)33-23-21(20)35-26(5,6)36-23/h7-11,15,17-21,23H,12-14H2,1-6H3,(H,27,29)/t17-,18+,19-,20+,21+,23-/m1/s1. The molecule has 0 spiro atoms. The van der Waals surface area contributed by atoms with Crippen molar-refractivity contribution in [1.82, 2.24) is 5.32 Å². The van der Waals surface area contributed by atoms with Gasteiger partial charge in [-0.2, -0.15) is 0 Å². The highest BCUT2D eigenvalue weighted by molar-refractivity contribution is 5.81. The Labute approximate surface area is 211 Å². The molecule has 0 unspecified atom stereocenters. The van der Waals surface area contributed by atoms with Crippen molar-refractivity contribution in [1.29, 1.82) is 0 Å². The van der Waals surface area contributed by atoms with Gasteiger partial charge in [0, 0.05) is 0 Å². The number of carbonyl (C=O) groups excluding carboxylic acids is 2. The number of nitrogens with one attached hydrogen (secondary N) is 1. The van der Waals surface area contributed by atoms with Crippen LogP contribution in [0.1, 0.15) is 53.5 Å². The zero-order chi connectivity index (χ0) is 26.1. The summed E-state index contributed by atoms with van der Waals surface area (Å²) in [5.74, 6) is -2.18. The third-order valence-corrected chi connectivity index (χ3v) is 6.17. The Morgan fingerprint density at radius 1 is 1.03 bits per heavy atom. The van der Waals surface area contributed by atoms with Crippen molar-refractivity contribution in [2.45, 2.75) is 103 Å². The number of fused-ring (bicyclic) bond motifs is 1. The number of carbonyl (C=O) groups is 2. The van der Waals surface area contributed by atoms with Gasteiger partial charge in [0.25, 0.3) is 0 Å². The van der Waals surface area contributed by atoms with Crippen LogP contribution in [0.15, 0.2) is 30.3 Å². The first-order chi connectivity index (χ1) is 16.9. The molecule has 3 fully saturated rings. The number of hydrogen-bond donors (Lipinski definition) is 1. The molecule has 4 rings (SSSR count). The molecule has 6 atom stereocenters. The Balaban J connectivity index is 1.44. The Kier molecular flexibility index (Phi) is 7.92. The van der Waals surface area contributed by atoms with Gasteiger partial charge in [-0.25, -0.2) is 9.59 Å². The molecular weight excluding hydrogens is 470 g/mol. The first-order valence-corrected chi connectivity index (χ1v) is 12.4. The third kappa shape index (κ3) is 6.54. The lowest BCUT2D eigenvalue weighted by Gasteiger charge is -2.30. The molecule has 1 amide bonds. The number of rotatable bonds is 8. The van der Waals surface area contributed by atoms with E-state index in [0.717, 1.165) is 5.56 Å². The zero-order valence-electron chi connectivity index (χ0n) is 21.7. The number of alkyl carbamates (subject to hydrolysis) is 1. The highest BCUT2D eigenvalue weighted by Gasteiger charge is 2.60. The minimum Gasteiger partial charge on any atom is -0.455 e. The highest BCUT2D eigenvalue weighted by Crippen LogP contribution is 2.42. The molecule has 3 heterocycles. The van der Waals surface area contributed by atoms with Crippen LogP contribution in [0.3, 0.4) is 0 Å². The van der Waals surface area contributed by atoms with Gasteiger partial charge in [-0.15, -0.1) is 0 Å². The number of hydrogen-bond acceptors (Lipinski definition) is 9.